The highest BCUT2D eigenvalue weighted by atomic mass is 14.8. The maximum Gasteiger partial charge on any atom is -0.00177 e. The van der Waals surface area contributed by atoms with E-state index in [1.54, 1.807) is 5.56 Å². The van der Waals surface area contributed by atoms with E-state index in [9.17, 15) is 0 Å². The number of hydrogen-bond acceptors (Lipinski definition) is 1. The molecule has 19 heavy (non-hydrogen) atoms. The van der Waals surface area contributed by atoms with E-state index < -0.39 is 0 Å². The lowest BCUT2D eigenvalue weighted by atomic mass is 9.81. The largest absolute Gasteiger partial charge is 0.319 e. The fourth-order valence-electron chi connectivity index (χ4n) is 3.57. The molecule has 0 bridgehead atoms. The van der Waals surface area contributed by atoms with Gasteiger partial charge in [-0.3, -0.25) is 0 Å². The van der Waals surface area contributed by atoms with E-state index in [0.717, 1.165) is 11.8 Å². The summed E-state index contributed by atoms with van der Waals surface area (Å²) < 4.78 is 0. The molecule has 1 aromatic rings. The molecule has 1 N–H and O–H groups in total. The van der Waals surface area contributed by atoms with Gasteiger partial charge in [0.2, 0.25) is 0 Å². The average molecular weight is 259 g/mol. The minimum absolute atomic E-state index is 0.809. The summed E-state index contributed by atoms with van der Waals surface area (Å²) in [5.74, 6) is 1.73. The third-order valence-electron chi connectivity index (χ3n) is 4.78. The zero-order valence-corrected chi connectivity index (χ0v) is 12.6. The molecule has 0 radical (unpaired) electrons. The highest BCUT2D eigenvalue weighted by Crippen LogP contribution is 2.31. The number of hydrogen-bond donors (Lipinski definition) is 1. The first-order chi connectivity index (χ1) is 9.31. The lowest BCUT2D eigenvalue weighted by Gasteiger charge is -2.27. The topological polar surface area (TPSA) is 12.0 Å². The van der Waals surface area contributed by atoms with E-state index in [2.05, 4.69) is 43.6 Å². The molecule has 0 saturated heterocycles. The summed E-state index contributed by atoms with van der Waals surface area (Å²) in [4.78, 5) is 0. The van der Waals surface area contributed by atoms with Crippen LogP contribution in [-0.4, -0.2) is 13.6 Å². The molecule has 1 unspecified atom stereocenters. The molecular weight excluding hydrogens is 230 g/mol. The Hall–Kier alpha value is -0.820. The Bertz CT molecular complexity index is 364. The molecule has 0 amide bonds. The van der Waals surface area contributed by atoms with Crippen molar-refractivity contribution in [1.29, 1.82) is 0 Å². The molecule has 0 aliphatic heterocycles. The van der Waals surface area contributed by atoms with Gasteiger partial charge in [0.25, 0.3) is 0 Å². The van der Waals surface area contributed by atoms with Crippen LogP contribution >= 0.6 is 0 Å². The third kappa shape index (κ3) is 4.35. The summed E-state index contributed by atoms with van der Waals surface area (Å²) >= 11 is 0. The second kappa shape index (κ2) is 7.69. The van der Waals surface area contributed by atoms with Crippen LogP contribution in [0.4, 0.5) is 0 Å². The Labute approximate surface area is 118 Å². The maximum atomic E-state index is 3.43. The van der Waals surface area contributed by atoms with E-state index >= 15 is 0 Å². The van der Waals surface area contributed by atoms with Crippen molar-refractivity contribution in [2.75, 3.05) is 13.6 Å². The minimum atomic E-state index is 0.809. The summed E-state index contributed by atoms with van der Waals surface area (Å²) in [6, 6.07) is 8.90. The summed E-state index contributed by atoms with van der Waals surface area (Å²) in [5.41, 5.74) is 3.00. The first-order valence-electron chi connectivity index (χ1n) is 8.00. The Morgan fingerprint density at radius 2 is 1.79 bits per heavy atom. The van der Waals surface area contributed by atoms with Crippen LogP contribution in [-0.2, 0) is 6.42 Å². The van der Waals surface area contributed by atoms with Crippen LogP contribution in [0.2, 0.25) is 0 Å². The summed E-state index contributed by atoms with van der Waals surface area (Å²) in [5, 5.41) is 3.43. The van der Waals surface area contributed by atoms with Crippen molar-refractivity contribution in [3.8, 4) is 0 Å². The predicted octanol–water partition coefficient (Wildman–Crippen LogP) is 4.34. The van der Waals surface area contributed by atoms with Crippen LogP contribution in [0.15, 0.2) is 24.3 Å². The number of nitrogens with one attached hydrogen (secondary N) is 1. The normalized spacial score (nSPS) is 19.1. The molecule has 0 heterocycles. The fourth-order valence-corrected chi connectivity index (χ4v) is 3.57. The zero-order chi connectivity index (χ0) is 13.5. The SMILES string of the molecule is CNCC(Cc1ccccc1C)C1CCCCCC1. The zero-order valence-electron chi connectivity index (χ0n) is 12.6. The van der Waals surface area contributed by atoms with Crippen molar-refractivity contribution in [3.63, 3.8) is 0 Å². The molecule has 1 fully saturated rings. The van der Waals surface area contributed by atoms with E-state index in [1.165, 1.54) is 57.1 Å². The highest BCUT2D eigenvalue weighted by Gasteiger charge is 2.22. The van der Waals surface area contributed by atoms with E-state index in [0.29, 0.717) is 0 Å². The van der Waals surface area contributed by atoms with Crippen molar-refractivity contribution in [2.45, 2.75) is 51.9 Å². The van der Waals surface area contributed by atoms with Crippen molar-refractivity contribution in [3.05, 3.63) is 35.4 Å². The van der Waals surface area contributed by atoms with Gasteiger partial charge in [0, 0.05) is 0 Å². The molecule has 1 atom stereocenters. The molecule has 0 aromatic heterocycles. The molecule has 1 nitrogen and oxygen atoms in total. The van der Waals surface area contributed by atoms with Crippen LogP contribution < -0.4 is 5.32 Å². The van der Waals surface area contributed by atoms with Crippen LogP contribution in [0, 0.1) is 18.8 Å². The Kier molecular flexibility index (Phi) is 5.91. The fraction of sp³-hybridized carbons (Fsp3) is 0.667. The minimum Gasteiger partial charge on any atom is -0.319 e. The number of rotatable bonds is 5. The van der Waals surface area contributed by atoms with Gasteiger partial charge in [-0.05, 0) is 49.9 Å². The van der Waals surface area contributed by atoms with Gasteiger partial charge >= 0.3 is 0 Å². The molecule has 106 valence electrons. The third-order valence-corrected chi connectivity index (χ3v) is 4.78. The van der Waals surface area contributed by atoms with Crippen LogP contribution in [0.25, 0.3) is 0 Å². The number of benzene rings is 1. The molecule has 2 rings (SSSR count). The van der Waals surface area contributed by atoms with Crippen molar-refractivity contribution < 1.29 is 0 Å². The second-order valence-electron chi connectivity index (χ2n) is 6.20. The van der Waals surface area contributed by atoms with Gasteiger partial charge < -0.3 is 5.32 Å². The lowest BCUT2D eigenvalue weighted by Crippen LogP contribution is -2.28. The Morgan fingerprint density at radius 3 is 2.42 bits per heavy atom. The first kappa shape index (κ1) is 14.6. The lowest BCUT2D eigenvalue weighted by molar-refractivity contribution is 0.289. The Morgan fingerprint density at radius 1 is 1.11 bits per heavy atom. The molecule has 0 spiro atoms. The van der Waals surface area contributed by atoms with Crippen molar-refractivity contribution >= 4 is 0 Å². The number of aryl methyl sites for hydroxylation is 1. The quantitative estimate of drug-likeness (QED) is 0.775. The molecule has 1 aliphatic carbocycles. The van der Waals surface area contributed by atoms with Gasteiger partial charge in [-0.15, -0.1) is 0 Å². The van der Waals surface area contributed by atoms with Gasteiger partial charge in [-0.1, -0.05) is 62.8 Å². The van der Waals surface area contributed by atoms with Crippen molar-refractivity contribution in [2.24, 2.45) is 11.8 Å². The second-order valence-corrected chi connectivity index (χ2v) is 6.20. The molecule has 1 heteroatoms. The van der Waals surface area contributed by atoms with Crippen molar-refractivity contribution in [1.82, 2.24) is 5.32 Å². The first-order valence-corrected chi connectivity index (χ1v) is 8.00. The van der Waals surface area contributed by atoms with Gasteiger partial charge in [0.1, 0.15) is 0 Å². The average Bonchev–Trinajstić information content (AvgIpc) is 2.69. The molecule has 1 aromatic carbocycles. The van der Waals surface area contributed by atoms with E-state index in [-0.39, 0.29) is 0 Å². The molecule has 1 aliphatic rings. The summed E-state index contributed by atoms with van der Waals surface area (Å²) in [7, 11) is 2.10. The Balaban J connectivity index is 2.04. The van der Waals surface area contributed by atoms with Crippen LogP contribution in [0.1, 0.15) is 49.7 Å². The summed E-state index contributed by atoms with van der Waals surface area (Å²) in [6.07, 6.45) is 9.92. The van der Waals surface area contributed by atoms with Gasteiger partial charge in [-0.25, -0.2) is 0 Å². The predicted molar refractivity (Wildman–Crippen MR) is 83.5 cm³/mol. The highest BCUT2D eigenvalue weighted by molar-refractivity contribution is 5.26. The van der Waals surface area contributed by atoms with Gasteiger partial charge in [0.15, 0.2) is 0 Å². The molecular formula is C18H29N. The maximum absolute atomic E-state index is 3.43. The van der Waals surface area contributed by atoms with Gasteiger partial charge in [-0.2, -0.15) is 0 Å². The summed E-state index contributed by atoms with van der Waals surface area (Å²) in [6.45, 7) is 3.41. The molecule has 1 saturated carbocycles. The van der Waals surface area contributed by atoms with Gasteiger partial charge in [0.05, 0.1) is 0 Å². The van der Waals surface area contributed by atoms with E-state index in [4.69, 9.17) is 0 Å². The van der Waals surface area contributed by atoms with E-state index in [1.807, 2.05) is 0 Å². The monoisotopic (exact) mass is 259 g/mol. The smallest absolute Gasteiger partial charge is 0.00177 e. The van der Waals surface area contributed by atoms with Crippen LogP contribution in [0.3, 0.4) is 0 Å². The van der Waals surface area contributed by atoms with Crippen LogP contribution in [0.5, 0.6) is 0 Å². The standard InChI is InChI=1S/C18H29N/c1-15-9-7-8-12-17(15)13-18(14-19-2)16-10-5-3-4-6-11-16/h7-9,12,16,18-19H,3-6,10-11,13-14H2,1-2H3.